The molecule has 1 rings (SSSR count). The molecule has 0 aliphatic heterocycles. The van der Waals surface area contributed by atoms with Crippen molar-refractivity contribution in [1.29, 1.82) is 0 Å². The molecule has 0 spiro atoms. The minimum atomic E-state index is -5.04. The van der Waals surface area contributed by atoms with Crippen LogP contribution in [0.25, 0.3) is 0 Å². The monoisotopic (exact) mass is 301 g/mol. The van der Waals surface area contributed by atoms with Gasteiger partial charge in [0.2, 0.25) is 0 Å². The van der Waals surface area contributed by atoms with Gasteiger partial charge in [0.25, 0.3) is 5.95 Å². The molecule has 16 heavy (non-hydrogen) atoms. The fraction of sp³-hybridized carbons (Fsp3) is 0.250. The average molecular weight is 302 g/mol. The predicted molar refractivity (Wildman–Crippen MR) is 48.9 cm³/mol. The third-order valence-corrected chi connectivity index (χ3v) is 2.17. The van der Waals surface area contributed by atoms with Crippen molar-refractivity contribution < 1.29 is 27.1 Å². The van der Waals surface area contributed by atoms with Crippen LogP contribution in [0.4, 0.5) is 17.6 Å². The Balaban J connectivity index is 3.29. The number of alkyl halides is 4. The highest BCUT2D eigenvalue weighted by Gasteiger charge is 2.34. The molecule has 1 aromatic rings. The molecule has 0 aliphatic carbocycles. The van der Waals surface area contributed by atoms with Gasteiger partial charge in [-0.1, -0.05) is 15.9 Å². The lowest BCUT2D eigenvalue weighted by atomic mass is 10.1. The largest absolute Gasteiger partial charge is 0.573 e. The molecule has 0 aromatic carbocycles. The molecule has 0 N–H and O–H groups in total. The molecule has 1 heterocycles. The van der Waals surface area contributed by atoms with Gasteiger partial charge in [-0.25, -0.2) is 4.98 Å². The number of pyridine rings is 1. The fourth-order valence-corrected chi connectivity index (χ4v) is 1.56. The van der Waals surface area contributed by atoms with Gasteiger partial charge in [-0.2, -0.15) is 4.39 Å². The van der Waals surface area contributed by atoms with E-state index >= 15 is 0 Å². The summed E-state index contributed by atoms with van der Waals surface area (Å²) < 4.78 is 52.3. The number of nitrogens with zero attached hydrogens (tertiary/aromatic N) is 1. The van der Waals surface area contributed by atoms with Gasteiger partial charge in [-0.3, -0.25) is 4.79 Å². The van der Waals surface area contributed by atoms with Crippen LogP contribution in [0, 0.1) is 5.95 Å². The maximum Gasteiger partial charge on any atom is 0.573 e. The summed E-state index contributed by atoms with van der Waals surface area (Å²) in [6.07, 6.45) is -3.94. The second kappa shape index (κ2) is 4.77. The molecule has 0 saturated carbocycles. The van der Waals surface area contributed by atoms with Gasteiger partial charge in [0.05, 0.1) is 0 Å². The van der Waals surface area contributed by atoms with E-state index in [1.807, 2.05) is 0 Å². The van der Waals surface area contributed by atoms with Crippen molar-refractivity contribution in [1.82, 2.24) is 4.98 Å². The first-order valence-corrected chi connectivity index (χ1v) is 4.95. The fourth-order valence-electron chi connectivity index (χ4n) is 0.977. The number of halogens is 5. The molecule has 88 valence electrons. The summed E-state index contributed by atoms with van der Waals surface area (Å²) in [6, 6.07) is 0. The molecule has 0 aliphatic rings. The summed E-state index contributed by atoms with van der Waals surface area (Å²) in [6.45, 7) is 0. The Labute approximate surface area is 95.6 Å². The number of aromatic nitrogens is 1. The van der Waals surface area contributed by atoms with Crippen molar-refractivity contribution in [3.63, 3.8) is 0 Å². The van der Waals surface area contributed by atoms with Crippen LogP contribution in [0.3, 0.4) is 0 Å². The predicted octanol–water partition coefficient (Wildman–Crippen LogP) is 2.83. The Morgan fingerprint density at radius 3 is 2.56 bits per heavy atom. The maximum absolute atomic E-state index is 13.0. The minimum absolute atomic E-state index is 0.161. The van der Waals surface area contributed by atoms with Crippen molar-refractivity contribution in [2.75, 3.05) is 0 Å². The summed E-state index contributed by atoms with van der Waals surface area (Å²) in [5.41, 5.74) is -0.405. The Kier molecular flexibility index (Phi) is 3.84. The highest BCUT2D eigenvalue weighted by atomic mass is 79.9. The zero-order valence-electron chi connectivity index (χ0n) is 7.52. The highest BCUT2D eigenvalue weighted by molar-refractivity contribution is 9.08. The first kappa shape index (κ1) is 12.9. The van der Waals surface area contributed by atoms with E-state index in [0.717, 1.165) is 6.20 Å². The molecule has 0 radical (unpaired) electrons. The molecular weight excluding hydrogens is 298 g/mol. The number of hydrogen-bond donors (Lipinski definition) is 0. The third-order valence-electron chi connectivity index (χ3n) is 1.61. The highest BCUT2D eigenvalue weighted by Crippen LogP contribution is 2.31. The van der Waals surface area contributed by atoms with Gasteiger partial charge in [0.15, 0.2) is 12.0 Å². The van der Waals surface area contributed by atoms with Gasteiger partial charge in [-0.05, 0) is 0 Å². The van der Waals surface area contributed by atoms with Crippen LogP contribution in [0.15, 0.2) is 6.20 Å². The number of carbonyl (C=O) groups excluding carboxylic acids is 1. The van der Waals surface area contributed by atoms with Crippen molar-refractivity contribution in [3.8, 4) is 5.75 Å². The standard InChI is InChI=1S/C8H4BrF4NO2/c9-1-5-4(3-15)2-14-7(10)6(5)16-8(11,12)13/h2-3H,1H2. The Hall–Kier alpha value is -1.18. The van der Waals surface area contributed by atoms with Crippen molar-refractivity contribution in [2.45, 2.75) is 11.7 Å². The van der Waals surface area contributed by atoms with E-state index in [1.165, 1.54) is 0 Å². The van der Waals surface area contributed by atoms with Crippen LogP contribution < -0.4 is 4.74 Å². The number of ether oxygens (including phenoxy) is 1. The smallest absolute Gasteiger partial charge is 0.401 e. The van der Waals surface area contributed by atoms with E-state index < -0.39 is 18.1 Å². The molecular formula is C8H4BrF4NO2. The van der Waals surface area contributed by atoms with E-state index in [2.05, 4.69) is 25.7 Å². The molecule has 0 atom stereocenters. The van der Waals surface area contributed by atoms with Crippen LogP contribution in [0.1, 0.15) is 15.9 Å². The molecule has 0 bridgehead atoms. The topological polar surface area (TPSA) is 39.2 Å². The Morgan fingerprint density at radius 2 is 2.12 bits per heavy atom. The van der Waals surface area contributed by atoms with Gasteiger partial charge in [-0.15, -0.1) is 13.2 Å². The summed E-state index contributed by atoms with van der Waals surface area (Å²) in [5, 5.41) is -0.161. The van der Waals surface area contributed by atoms with Gasteiger partial charge >= 0.3 is 6.36 Å². The second-order valence-corrected chi connectivity index (χ2v) is 3.17. The molecule has 8 heteroatoms. The normalized spacial score (nSPS) is 11.3. The third kappa shape index (κ3) is 2.91. The van der Waals surface area contributed by atoms with Crippen molar-refractivity contribution >= 4 is 22.2 Å². The molecule has 0 unspecified atom stereocenters. The van der Waals surface area contributed by atoms with Gasteiger partial charge < -0.3 is 4.74 Å². The van der Waals surface area contributed by atoms with E-state index in [9.17, 15) is 22.4 Å². The number of hydrogen-bond acceptors (Lipinski definition) is 3. The summed E-state index contributed by atoms with van der Waals surface area (Å²) >= 11 is 2.84. The Bertz CT molecular complexity index is 408. The van der Waals surface area contributed by atoms with E-state index in [-0.39, 0.29) is 22.7 Å². The lowest BCUT2D eigenvalue weighted by Gasteiger charge is -2.13. The number of aldehydes is 1. The first-order valence-electron chi connectivity index (χ1n) is 3.83. The van der Waals surface area contributed by atoms with E-state index in [1.54, 1.807) is 0 Å². The quantitative estimate of drug-likeness (QED) is 0.373. The zero-order valence-corrected chi connectivity index (χ0v) is 9.10. The second-order valence-electron chi connectivity index (χ2n) is 2.61. The first-order chi connectivity index (χ1) is 7.39. The van der Waals surface area contributed by atoms with Crippen molar-refractivity contribution in [2.24, 2.45) is 0 Å². The van der Waals surface area contributed by atoms with Crippen LogP contribution >= 0.6 is 15.9 Å². The van der Waals surface area contributed by atoms with E-state index in [4.69, 9.17) is 0 Å². The summed E-state index contributed by atoms with van der Waals surface area (Å²) in [7, 11) is 0. The van der Waals surface area contributed by atoms with Crippen molar-refractivity contribution in [3.05, 3.63) is 23.3 Å². The molecule has 3 nitrogen and oxygen atoms in total. The molecule has 0 fully saturated rings. The average Bonchev–Trinajstić information content (AvgIpc) is 2.19. The number of rotatable bonds is 3. The molecule has 0 amide bonds. The van der Waals surface area contributed by atoms with Crippen LogP contribution in [-0.4, -0.2) is 17.6 Å². The van der Waals surface area contributed by atoms with Crippen LogP contribution in [0.5, 0.6) is 5.75 Å². The van der Waals surface area contributed by atoms with E-state index in [0.29, 0.717) is 0 Å². The molecule has 1 aromatic heterocycles. The summed E-state index contributed by atoms with van der Waals surface area (Å²) in [5.74, 6) is -2.51. The Morgan fingerprint density at radius 1 is 1.50 bits per heavy atom. The van der Waals surface area contributed by atoms with Crippen LogP contribution in [-0.2, 0) is 5.33 Å². The van der Waals surface area contributed by atoms with Gasteiger partial charge in [0.1, 0.15) is 0 Å². The maximum atomic E-state index is 13.0. The number of carbonyl (C=O) groups is 1. The minimum Gasteiger partial charge on any atom is -0.401 e. The lowest BCUT2D eigenvalue weighted by Crippen LogP contribution is -2.20. The lowest BCUT2D eigenvalue weighted by molar-refractivity contribution is -0.276. The summed E-state index contributed by atoms with van der Waals surface area (Å²) in [4.78, 5) is 13.5. The van der Waals surface area contributed by atoms with Gasteiger partial charge in [0, 0.05) is 22.7 Å². The zero-order chi connectivity index (χ0) is 12.3. The molecule has 0 saturated heterocycles. The SMILES string of the molecule is O=Cc1cnc(F)c(OC(F)(F)F)c1CBr. The van der Waals surface area contributed by atoms with Crippen LogP contribution in [0.2, 0.25) is 0 Å².